The van der Waals surface area contributed by atoms with E-state index in [1.54, 1.807) is 18.2 Å². The van der Waals surface area contributed by atoms with E-state index in [0.29, 0.717) is 27.8 Å². The molecule has 0 unspecified atom stereocenters. The molecule has 28 heavy (non-hydrogen) atoms. The average molecular weight is 409 g/mol. The summed E-state index contributed by atoms with van der Waals surface area (Å²) < 4.78 is 20.8. The molecule has 0 aliphatic rings. The van der Waals surface area contributed by atoms with Crippen LogP contribution in [0.1, 0.15) is 15.9 Å². The van der Waals surface area contributed by atoms with Crippen LogP contribution in [-0.4, -0.2) is 39.8 Å². The maximum Gasteiger partial charge on any atom is 0.340 e. The van der Waals surface area contributed by atoms with E-state index < -0.39 is 18.5 Å². The minimum atomic E-state index is -0.733. The zero-order valence-corrected chi connectivity index (χ0v) is 16.5. The Morgan fingerprint density at radius 1 is 1.04 bits per heavy atom. The standard InChI is InChI=1S/C19H21ClN2O6/c1-25-15-6-11(7-16(26-2)18(15)27-3)9-22-17(23)10-28-19(24)13-8-12(20)4-5-14(13)21/h4-8H,9-10,21H2,1-3H3,(H,22,23). The van der Waals surface area contributed by atoms with Gasteiger partial charge in [-0.05, 0) is 35.9 Å². The van der Waals surface area contributed by atoms with Gasteiger partial charge in [0.25, 0.3) is 5.91 Å². The third-order valence-corrected chi connectivity index (χ3v) is 4.02. The number of halogens is 1. The van der Waals surface area contributed by atoms with Crippen LogP contribution in [0.2, 0.25) is 5.02 Å². The topological polar surface area (TPSA) is 109 Å². The molecular formula is C19H21ClN2O6. The highest BCUT2D eigenvalue weighted by Gasteiger charge is 2.16. The number of methoxy groups -OCH3 is 3. The van der Waals surface area contributed by atoms with Crippen LogP contribution in [-0.2, 0) is 16.1 Å². The molecule has 0 aromatic heterocycles. The lowest BCUT2D eigenvalue weighted by Crippen LogP contribution is -2.28. The van der Waals surface area contributed by atoms with Gasteiger partial charge < -0.3 is 30.0 Å². The van der Waals surface area contributed by atoms with Crippen LogP contribution in [0.4, 0.5) is 5.69 Å². The number of ether oxygens (including phenoxy) is 4. The Morgan fingerprint density at radius 2 is 1.68 bits per heavy atom. The van der Waals surface area contributed by atoms with Crippen molar-refractivity contribution in [2.75, 3.05) is 33.7 Å². The maximum absolute atomic E-state index is 12.0. The van der Waals surface area contributed by atoms with Gasteiger partial charge in [-0.2, -0.15) is 0 Å². The largest absolute Gasteiger partial charge is 0.493 e. The number of carbonyl (C=O) groups excluding carboxylic acids is 2. The SMILES string of the molecule is COc1cc(CNC(=O)COC(=O)c2cc(Cl)ccc2N)cc(OC)c1OC. The molecule has 0 radical (unpaired) electrons. The van der Waals surface area contributed by atoms with Crippen molar-refractivity contribution in [2.45, 2.75) is 6.54 Å². The zero-order valence-electron chi connectivity index (χ0n) is 15.7. The summed E-state index contributed by atoms with van der Waals surface area (Å²) in [5, 5.41) is 2.99. The van der Waals surface area contributed by atoms with Crippen LogP contribution >= 0.6 is 11.6 Å². The molecule has 0 saturated carbocycles. The van der Waals surface area contributed by atoms with Crippen molar-refractivity contribution in [2.24, 2.45) is 0 Å². The molecule has 0 heterocycles. The van der Waals surface area contributed by atoms with E-state index in [9.17, 15) is 9.59 Å². The lowest BCUT2D eigenvalue weighted by atomic mass is 10.1. The molecule has 0 saturated heterocycles. The van der Waals surface area contributed by atoms with E-state index in [1.165, 1.54) is 33.5 Å². The number of carbonyl (C=O) groups is 2. The molecule has 0 bridgehead atoms. The maximum atomic E-state index is 12.0. The summed E-state index contributed by atoms with van der Waals surface area (Å²) >= 11 is 5.84. The van der Waals surface area contributed by atoms with Gasteiger partial charge in [0.2, 0.25) is 5.75 Å². The van der Waals surface area contributed by atoms with Gasteiger partial charge >= 0.3 is 5.97 Å². The number of nitrogens with two attached hydrogens (primary N) is 1. The van der Waals surface area contributed by atoms with Gasteiger partial charge in [0.05, 0.1) is 26.9 Å². The Hall–Kier alpha value is -3.13. The quantitative estimate of drug-likeness (QED) is 0.510. The second-order valence-electron chi connectivity index (χ2n) is 5.62. The first-order chi connectivity index (χ1) is 13.4. The first-order valence-corrected chi connectivity index (χ1v) is 8.55. The molecule has 2 aromatic carbocycles. The van der Waals surface area contributed by atoms with E-state index in [1.807, 2.05) is 0 Å². The van der Waals surface area contributed by atoms with Crippen LogP contribution in [0.3, 0.4) is 0 Å². The number of amides is 1. The van der Waals surface area contributed by atoms with E-state index >= 15 is 0 Å². The highest BCUT2D eigenvalue weighted by molar-refractivity contribution is 6.31. The van der Waals surface area contributed by atoms with Gasteiger partial charge in [0, 0.05) is 17.3 Å². The average Bonchev–Trinajstić information content (AvgIpc) is 2.71. The van der Waals surface area contributed by atoms with Gasteiger partial charge in [0.15, 0.2) is 18.1 Å². The second-order valence-corrected chi connectivity index (χ2v) is 6.05. The van der Waals surface area contributed by atoms with E-state index in [-0.39, 0.29) is 17.8 Å². The number of hydrogen-bond donors (Lipinski definition) is 2. The third-order valence-electron chi connectivity index (χ3n) is 3.78. The molecule has 8 nitrogen and oxygen atoms in total. The summed E-state index contributed by atoms with van der Waals surface area (Å²) in [5.74, 6) is 0.168. The van der Waals surface area contributed by atoms with Crippen molar-refractivity contribution in [1.29, 1.82) is 0 Å². The fourth-order valence-corrected chi connectivity index (χ4v) is 2.58. The van der Waals surface area contributed by atoms with Crippen molar-refractivity contribution in [1.82, 2.24) is 5.32 Å². The molecule has 9 heteroatoms. The van der Waals surface area contributed by atoms with Gasteiger partial charge in [0.1, 0.15) is 0 Å². The molecule has 2 rings (SSSR count). The Labute approximate surface area is 167 Å². The Morgan fingerprint density at radius 3 is 2.25 bits per heavy atom. The van der Waals surface area contributed by atoms with Gasteiger partial charge in [-0.15, -0.1) is 0 Å². The summed E-state index contributed by atoms with van der Waals surface area (Å²) in [5.41, 5.74) is 6.75. The van der Waals surface area contributed by atoms with E-state index in [0.717, 1.165) is 0 Å². The van der Waals surface area contributed by atoms with Gasteiger partial charge in [-0.1, -0.05) is 11.6 Å². The highest BCUT2D eigenvalue weighted by atomic mass is 35.5. The zero-order chi connectivity index (χ0) is 20.7. The van der Waals surface area contributed by atoms with Crippen LogP contribution < -0.4 is 25.3 Å². The second kappa shape index (κ2) is 9.70. The lowest BCUT2D eigenvalue weighted by molar-refractivity contribution is -0.124. The molecule has 0 atom stereocenters. The fourth-order valence-electron chi connectivity index (χ4n) is 2.40. The van der Waals surface area contributed by atoms with Crippen molar-refractivity contribution in [3.63, 3.8) is 0 Å². The number of nitrogens with one attached hydrogen (secondary N) is 1. The molecule has 2 aromatic rings. The Balaban J connectivity index is 1.95. The first-order valence-electron chi connectivity index (χ1n) is 8.17. The monoisotopic (exact) mass is 408 g/mol. The van der Waals surface area contributed by atoms with Crippen molar-refractivity contribution < 1.29 is 28.5 Å². The number of rotatable bonds is 8. The summed E-state index contributed by atoms with van der Waals surface area (Å²) in [6.07, 6.45) is 0. The predicted octanol–water partition coefficient (Wildman–Crippen LogP) is 2.42. The van der Waals surface area contributed by atoms with Gasteiger partial charge in [-0.3, -0.25) is 4.79 Å². The predicted molar refractivity (Wildman–Crippen MR) is 104 cm³/mol. The summed E-state index contributed by atoms with van der Waals surface area (Å²) in [4.78, 5) is 24.0. The van der Waals surface area contributed by atoms with Gasteiger partial charge in [-0.25, -0.2) is 4.79 Å². The number of hydrogen-bond acceptors (Lipinski definition) is 7. The third kappa shape index (κ3) is 5.20. The first kappa shape index (κ1) is 21.2. The summed E-state index contributed by atoms with van der Waals surface area (Å²) in [6, 6.07) is 7.84. The van der Waals surface area contributed by atoms with Crippen molar-refractivity contribution >= 4 is 29.2 Å². The van der Waals surface area contributed by atoms with Crippen LogP contribution in [0.5, 0.6) is 17.2 Å². The number of esters is 1. The van der Waals surface area contributed by atoms with Crippen LogP contribution in [0, 0.1) is 0 Å². The molecule has 0 aliphatic heterocycles. The molecule has 150 valence electrons. The molecule has 0 fully saturated rings. The number of benzene rings is 2. The normalized spacial score (nSPS) is 10.1. The smallest absolute Gasteiger partial charge is 0.340 e. The summed E-state index contributed by atoms with van der Waals surface area (Å²) in [6.45, 7) is -0.290. The summed E-state index contributed by atoms with van der Waals surface area (Å²) in [7, 11) is 4.50. The molecule has 0 spiro atoms. The molecule has 3 N–H and O–H groups in total. The van der Waals surface area contributed by atoms with Crippen molar-refractivity contribution in [3.8, 4) is 17.2 Å². The van der Waals surface area contributed by atoms with E-state index in [4.69, 9.17) is 36.3 Å². The number of anilines is 1. The Kier molecular flexibility index (Phi) is 7.34. The molecule has 0 aliphatic carbocycles. The fraction of sp³-hybridized carbons (Fsp3) is 0.263. The molecule has 1 amide bonds. The molecular weight excluding hydrogens is 388 g/mol. The Bertz CT molecular complexity index is 846. The minimum Gasteiger partial charge on any atom is -0.493 e. The highest BCUT2D eigenvalue weighted by Crippen LogP contribution is 2.38. The van der Waals surface area contributed by atoms with E-state index in [2.05, 4.69) is 5.32 Å². The van der Waals surface area contributed by atoms with Crippen molar-refractivity contribution in [3.05, 3.63) is 46.5 Å². The van der Waals surface area contributed by atoms with Crippen LogP contribution in [0.25, 0.3) is 0 Å². The van der Waals surface area contributed by atoms with Crippen LogP contribution in [0.15, 0.2) is 30.3 Å². The lowest BCUT2D eigenvalue weighted by Gasteiger charge is -2.14. The number of nitrogen functional groups attached to an aromatic ring is 1. The minimum absolute atomic E-state index is 0.102.